The Balaban J connectivity index is 2.04. The Kier molecular flexibility index (Phi) is 5.99. The van der Waals surface area contributed by atoms with Gasteiger partial charge < -0.3 is 16.4 Å². The summed E-state index contributed by atoms with van der Waals surface area (Å²) < 4.78 is 0. The van der Waals surface area contributed by atoms with Gasteiger partial charge in [0.15, 0.2) is 0 Å². The molecule has 1 unspecified atom stereocenters. The van der Waals surface area contributed by atoms with Gasteiger partial charge in [-0.2, -0.15) is 0 Å². The highest BCUT2D eigenvalue weighted by Gasteiger charge is 2.41. The molecule has 1 saturated carbocycles. The van der Waals surface area contributed by atoms with Crippen molar-refractivity contribution in [1.29, 1.82) is 0 Å². The Bertz CT molecular complexity index is 605. The zero-order chi connectivity index (χ0) is 17.7. The molecular formula is C19H29N3O2. The second-order valence-corrected chi connectivity index (χ2v) is 7.20. The second-order valence-electron chi connectivity index (χ2n) is 7.20. The average molecular weight is 331 g/mol. The van der Waals surface area contributed by atoms with Crippen LogP contribution in [-0.2, 0) is 9.59 Å². The molecule has 0 bridgehead atoms. The molecule has 5 nitrogen and oxygen atoms in total. The van der Waals surface area contributed by atoms with E-state index >= 15 is 0 Å². The quantitative estimate of drug-likeness (QED) is 0.749. The van der Waals surface area contributed by atoms with E-state index in [1.165, 1.54) is 5.56 Å². The summed E-state index contributed by atoms with van der Waals surface area (Å²) in [6.07, 6.45) is 3.94. The topological polar surface area (TPSA) is 84.2 Å². The second kappa shape index (κ2) is 7.79. The van der Waals surface area contributed by atoms with Crippen LogP contribution in [-0.4, -0.2) is 24.4 Å². The van der Waals surface area contributed by atoms with Gasteiger partial charge in [-0.1, -0.05) is 18.9 Å². The van der Waals surface area contributed by atoms with Crippen LogP contribution in [0.15, 0.2) is 18.2 Å². The summed E-state index contributed by atoms with van der Waals surface area (Å²) in [5.41, 5.74) is 8.32. The van der Waals surface area contributed by atoms with Crippen molar-refractivity contribution < 1.29 is 9.59 Å². The molecule has 4 N–H and O–H groups in total. The fourth-order valence-corrected chi connectivity index (χ4v) is 3.25. The number of hydrogen-bond acceptors (Lipinski definition) is 3. The van der Waals surface area contributed by atoms with Crippen LogP contribution in [0.1, 0.15) is 50.2 Å². The normalized spacial score (nSPS) is 17.3. The monoisotopic (exact) mass is 331 g/mol. The van der Waals surface area contributed by atoms with E-state index in [2.05, 4.69) is 10.6 Å². The molecule has 0 aliphatic heterocycles. The van der Waals surface area contributed by atoms with Gasteiger partial charge >= 0.3 is 0 Å². The average Bonchev–Trinajstić information content (AvgIpc) is 2.98. The van der Waals surface area contributed by atoms with Crippen molar-refractivity contribution in [3.05, 3.63) is 29.3 Å². The first kappa shape index (κ1) is 18.5. The van der Waals surface area contributed by atoms with Gasteiger partial charge in [-0.3, -0.25) is 9.59 Å². The molecule has 0 heterocycles. The Hall–Kier alpha value is -1.88. The predicted octanol–water partition coefficient (Wildman–Crippen LogP) is 2.66. The molecule has 2 amide bonds. The number of carbonyl (C=O) groups excluding carboxylic acids is 2. The van der Waals surface area contributed by atoms with Crippen LogP contribution in [0.3, 0.4) is 0 Å². The number of rotatable bonds is 6. The first-order valence-corrected chi connectivity index (χ1v) is 8.73. The molecule has 132 valence electrons. The van der Waals surface area contributed by atoms with E-state index in [0.717, 1.165) is 36.9 Å². The number of aryl methyl sites for hydroxylation is 2. The van der Waals surface area contributed by atoms with E-state index in [1.54, 1.807) is 6.92 Å². The van der Waals surface area contributed by atoms with Gasteiger partial charge in [-0.05, 0) is 56.9 Å². The molecule has 0 aromatic heterocycles. The maximum atomic E-state index is 12.9. The van der Waals surface area contributed by atoms with Gasteiger partial charge in [0, 0.05) is 24.7 Å². The number of nitrogens with two attached hydrogens (primary N) is 1. The molecule has 1 atom stereocenters. The van der Waals surface area contributed by atoms with Gasteiger partial charge in [0.2, 0.25) is 11.8 Å². The molecule has 1 aliphatic carbocycles. The fraction of sp³-hybridized carbons (Fsp3) is 0.579. The van der Waals surface area contributed by atoms with Crippen molar-refractivity contribution in [2.45, 2.75) is 58.9 Å². The van der Waals surface area contributed by atoms with Crippen LogP contribution >= 0.6 is 0 Å². The zero-order valence-electron chi connectivity index (χ0n) is 14.9. The summed E-state index contributed by atoms with van der Waals surface area (Å²) >= 11 is 0. The standard InChI is InChI=1S/C19H29N3O2/c1-13-6-7-16(10-14(13)2)22-18(24)19(8-4-5-9-19)12-21-17(23)11-15(3)20/h6-7,10,15H,4-5,8-9,11-12,20H2,1-3H3,(H,21,23)(H,22,24). The summed E-state index contributed by atoms with van der Waals surface area (Å²) in [5.74, 6) is -0.0837. The van der Waals surface area contributed by atoms with E-state index in [1.807, 2.05) is 32.0 Å². The summed E-state index contributed by atoms with van der Waals surface area (Å²) in [7, 11) is 0. The van der Waals surface area contributed by atoms with Crippen molar-refractivity contribution in [1.82, 2.24) is 5.32 Å². The fourth-order valence-electron chi connectivity index (χ4n) is 3.25. The lowest BCUT2D eigenvalue weighted by Crippen LogP contribution is -2.44. The van der Waals surface area contributed by atoms with E-state index in [0.29, 0.717) is 6.54 Å². The minimum Gasteiger partial charge on any atom is -0.355 e. The van der Waals surface area contributed by atoms with Gasteiger partial charge in [-0.25, -0.2) is 0 Å². The van der Waals surface area contributed by atoms with Gasteiger partial charge in [0.25, 0.3) is 0 Å². The summed E-state index contributed by atoms with van der Waals surface area (Å²) in [6, 6.07) is 5.76. The lowest BCUT2D eigenvalue weighted by atomic mass is 9.84. The number of nitrogens with one attached hydrogen (secondary N) is 2. The summed E-state index contributed by atoms with van der Waals surface area (Å²) in [6.45, 7) is 6.27. The minimum atomic E-state index is -0.508. The number of benzene rings is 1. The molecule has 0 radical (unpaired) electrons. The Labute approximate surface area is 144 Å². The van der Waals surface area contributed by atoms with Gasteiger partial charge in [0.1, 0.15) is 0 Å². The molecule has 0 saturated heterocycles. The van der Waals surface area contributed by atoms with Crippen LogP contribution in [0.2, 0.25) is 0 Å². The number of anilines is 1. The zero-order valence-corrected chi connectivity index (χ0v) is 14.9. The highest BCUT2D eigenvalue weighted by Crippen LogP contribution is 2.38. The number of hydrogen-bond donors (Lipinski definition) is 3. The Morgan fingerprint density at radius 1 is 1.21 bits per heavy atom. The molecule has 1 aliphatic rings. The van der Waals surface area contributed by atoms with Crippen molar-refractivity contribution in [3.8, 4) is 0 Å². The number of amides is 2. The molecule has 5 heteroatoms. The third-order valence-electron chi connectivity index (χ3n) is 4.94. The van der Waals surface area contributed by atoms with Crippen LogP contribution < -0.4 is 16.4 Å². The molecule has 2 rings (SSSR count). The Morgan fingerprint density at radius 3 is 2.46 bits per heavy atom. The molecule has 1 fully saturated rings. The van der Waals surface area contributed by atoms with Crippen molar-refractivity contribution in [2.75, 3.05) is 11.9 Å². The maximum Gasteiger partial charge on any atom is 0.232 e. The summed E-state index contributed by atoms with van der Waals surface area (Å²) in [5, 5.41) is 5.95. The smallest absolute Gasteiger partial charge is 0.232 e. The van der Waals surface area contributed by atoms with Gasteiger partial charge in [-0.15, -0.1) is 0 Å². The molecule has 0 spiro atoms. The molecule has 24 heavy (non-hydrogen) atoms. The van der Waals surface area contributed by atoms with E-state index < -0.39 is 5.41 Å². The highest BCUT2D eigenvalue weighted by atomic mass is 16.2. The molecular weight excluding hydrogens is 302 g/mol. The van der Waals surface area contributed by atoms with E-state index in [-0.39, 0.29) is 24.3 Å². The molecule has 1 aromatic rings. The number of carbonyl (C=O) groups is 2. The first-order valence-electron chi connectivity index (χ1n) is 8.73. The van der Waals surface area contributed by atoms with Crippen molar-refractivity contribution in [3.63, 3.8) is 0 Å². The van der Waals surface area contributed by atoms with Crippen LogP contribution in [0.4, 0.5) is 5.69 Å². The van der Waals surface area contributed by atoms with Crippen molar-refractivity contribution in [2.24, 2.45) is 11.1 Å². The minimum absolute atomic E-state index is 0.00403. The maximum absolute atomic E-state index is 12.9. The van der Waals surface area contributed by atoms with Crippen LogP contribution in [0.25, 0.3) is 0 Å². The highest BCUT2D eigenvalue weighted by molar-refractivity contribution is 5.96. The van der Waals surface area contributed by atoms with Crippen LogP contribution in [0.5, 0.6) is 0 Å². The lowest BCUT2D eigenvalue weighted by Gasteiger charge is -2.28. The largest absolute Gasteiger partial charge is 0.355 e. The van der Waals surface area contributed by atoms with Crippen LogP contribution in [0, 0.1) is 19.3 Å². The predicted molar refractivity (Wildman–Crippen MR) is 96.7 cm³/mol. The first-order chi connectivity index (χ1) is 11.3. The summed E-state index contributed by atoms with van der Waals surface area (Å²) in [4.78, 5) is 24.8. The third kappa shape index (κ3) is 4.57. The van der Waals surface area contributed by atoms with Gasteiger partial charge in [0.05, 0.1) is 5.41 Å². The van der Waals surface area contributed by atoms with Crippen molar-refractivity contribution >= 4 is 17.5 Å². The Morgan fingerprint density at radius 2 is 1.88 bits per heavy atom. The third-order valence-corrected chi connectivity index (χ3v) is 4.94. The lowest BCUT2D eigenvalue weighted by molar-refractivity contribution is -0.126. The van der Waals surface area contributed by atoms with E-state index in [9.17, 15) is 9.59 Å². The SMILES string of the molecule is Cc1ccc(NC(=O)C2(CNC(=O)CC(C)N)CCCC2)cc1C. The molecule has 1 aromatic carbocycles. The van der Waals surface area contributed by atoms with E-state index in [4.69, 9.17) is 5.73 Å².